The molecule has 0 bridgehead atoms. The van der Waals surface area contributed by atoms with Gasteiger partial charge in [-0.15, -0.1) is 0 Å². The molecule has 1 fully saturated rings. The highest BCUT2D eigenvalue weighted by molar-refractivity contribution is 5.59. The van der Waals surface area contributed by atoms with Crippen molar-refractivity contribution in [2.24, 2.45) is 0 Å². The van der Waals surface area contributed by atoms with Crippen LogP contribution in [0.3, 0.4) is 0 Å². The predicted molar refractivity (Wildman–Crippen MR) is 96.6 cm³/mol. The first-order valence-corrected chi connectivity index (χ1v) is 8.50. The van der Waals surface area contributed by atoms with Crippen LogP contribution in [-0.2, 0) is 11.3 Å². The fourth-order valence-corrected chi connectivity index (χ4v) is 2.80. The second-order valence-electron chi connectivity index (χ2n) is 5.92. The van der Waals surface area contributed by atoms with E-state index in [0.29, 0.717) is 6.61 Å². The summed E-state index contributed by atoms with van der Waals surface area (Å²) in [4.78, 5) is 11.3. The molecule has 1 aliphatic rings. The Morgan fingerprint density at radius 1 is 1.17 bits per heavy atom. The maximum Gasteiger partial charge on any atom is 0.130 e. The van der Waals surface area contributed by atoms with Crippen LogP contribution in [0.1, 0.15) is 18.5 Å². The van der Waals surface area contributed by atoms with Gasteiger partial charge in [0, 0.05) is 31.5 Å². The van der Waals surface area contributed by atoms with E-state index in [1.54, 1.807) is 6.20 Å². The Kier molecular flexibility index (Phi) is 5.98. The van der Waals surface area contributed by atoms with Crippen LogP contribution in [0.4, 0.5) is 17.3 Å². The van der Waals surface area contributed by atoms with Crippen LogP contribution >= 0.6 is 0 Å². The predicted octanol–water partition coefficient (Wildman–Crippen LogP) is 2.87. The van der Waals surface area contributed by atoms with Gasteiger partial charge in [-0.05, 0) is 44.1 Å². The standard InChI is InChI=1S/C18H25N5O/c1-19-18-13-15(7-8-20-18)21-17-6-4-5-16(22-17)14-24-12-11-23-9-2-3-10-23/h4-8,13H,2-3,9-12,14H2,1H3,(H2,19,20,21,22). The summed E-state index contributed by atoms with van der Waals surface area (Å²) in [6.45, 7) is 4.74. The molecule has 2 aromatic heterocycles. The molecule has 2 aromatic rings. The molecular formula is C18H25N5O. The summed E-state index contributed by atoms with van der Waals surface area (Å²) in [7, 11) is 1.85. The zero-order chi connectivity index (χ0) is 16.6. The van der Waals surface area contributed by atoms with Crippen molar-refractivity contribution in [3.63, 3.8) is 0 Å². The van der Waals surface area contributed by atoms with Gasteiger partial charge in [0.05, 0.1) is 18.9 Å². The lowest BCUT2D eigenvalue weighted by atomic mass is 10.3. The lowest BCUT2D eigenvalue weighted by Crippen LogP contribution is -2.24. The summed E-state index contributed by atoms with van der Waals surface area (Å²) in [5, 5.41) is 6.33. The average Bonchev–Trinajstić information content (AvgIpc) is 3.13. The molecule has 0 aliphatic carbocycles. The number of pyridine rings is 2. The largest absolute Gasteiger partial charge is 0.374 e. The summed E-state index contributed by atoms with van der Waals surface area (Å²) in [6.07, 6.45) is 4.40. The Morgan fingerprint density at radius 3 is 2.88 bits per heavy atom. The van der Waals surface area contributed by atoms with Gasteiger partial charge in [-0.25, -0.2) is 9.97 Å². The van der Waals surface area contributed by atoms with Gasteiger partial charge < -0.3 is 20.3 Å². The molecule has 1 aliphatic heterocycles. The van der Waals surface area contributed by atoms with Crippen molar-refractivity contribution in [3.8, 4) is 0 Å². The number of likely N-dealkylation sites (tertiary alicyclic amines) is 1. The van der Waals surface area contributed by atoms with Crippen LogP contribution in [0.15, 0.2) is 36.5 Å². The van der Waals surface area contributed by atoms with E-state index in [9.17, 15) is 0 Å². The molecule has 0 aromatic carbocycles. The second kappa shape index (κ2) is 8.61. The van der Waals surface area contributed by atoms with E-state index >= 15 is 0 Å². The van der Waals surface area contributed by atoms with Gasteiger partial charge in [0.25, 0.3) is 0 Å². The number of aromatic nitrogens is 2. The topological polar surface area (TPSA) is 62.3 Å². The van der Waals surface area contributed by atoms with Crippen LogP contribution in [-0.4, -0.2) is 48.2 Å². The summed E-state index contributed by atoms with van der Waals surface area (Å²) < 4.78 is 5.77. The molecule has 3 heterocycles. The average molecular weight is 327 g/mol. The highest BCUT2D eigenvalue weighted by Gasteiger charge is 2.10. The van der Waals surface area contributed by atoms with Crippen LogP contribution in [0.25, 0.3) is 0 Å². The number of hydrogen-bond donors (Lipinski definition) is 2. The smallest absolute Gasteiger partial charge is 0.130 e. The van der Waals surface area contributed by atoms with Gasteiger partial charge >= 0.3 is 0 Å². The molecule has 6 heteroatoms. The Morgan fingerprint density at radius 2 is 2.04 bits per heavy atom. The van der Waals surface area contributed by atoms with Gasteiger partial charge in [-0.3, -0.25) is 0 Å². The molecule has 24 heavy (non-hydrogen) atoms. The summed E-state index contributed by atoms with van der Waals surface area (Å²) in [5.41, 5.74) is 1.89. The maximum absolute atomic E-state index is 5.77. The summed E-state index contributed by atoms with van der Waals surface area (Å²) in [5.74, 6) is 1.63. The number of anilines is 3. The van der Waals surface area contributed by atoms with Crippen LogP contribution < -0.4 is 10.6 Å². The van der Waals surface area contributed by atoms with E-state index in [0.717, 1.165) is 36.2 Å². The highest BCUT2D eigenvalue weighted by Crippen LogP contribution is 2.17. The number of hydrogen-bond acceptors (Lipinski definition) is 6. The van der Waals surface area contributed by atoms with Gasteiger partial charge in [-0.1, -0.05) is 6.07 Å². The fraction of sp³-hybridized carbons (Fsp3) is 0.444. The molecule has 0 unspecified atom stereocenters. The third kappa shape index (κ3) is 4.91. The van der Waals surface area contributed by atoms with Crippen molar-refractivity contribution in [1.29, 1.82) is 0 Å². The Bertz CT molecular complexity index is 643. The van der Waals surface area contributed by atoms with E-state index in [4.69, 9.17) is 4.74 Å². The van der Waals surface area contributed by atoms with Crippen molar-refractivity contribution in [3.05, 3.63) is 42.2 Å². The first-order chi connectivity index (χ1) is 11.8. The van der Waals surface area contributed by atoms with Crippen molar-refractivity contribution in [1.82, 2.24) is 14.9 Å². The lowest BCUT2D eigenvalue weighted by Gasteiger charge is -2.14. The molecule has 0 atom stereocenters. The molecule has 0 amide bonds. The molecule has 6 nitrogen and oxygen atoms in total. The van der Waals surface area contributed by atoms with Crippen molar-refractivity contribution < 1.29 is 4.74 Å². The van der Waals surface area contributed by atoms with Crippen LogP contribution in [0.5, 0.6) is 0 Å². The van der Waals surface area contributed by atoms with Crippen molar-refractivity contribution >= 4 is 17.3 Å². The first-order valence-electron chi connectivity index (χ1n) is 8.50. The van der Waals surface area contributed by atoms with Crippen molar-refractivity contribution in [2.75, 3.05) is 43.9 Å². The Balaban J connectivity index is 1.49. The fourth-order valence-electron chi connectivity index (χ4n) is 2.80. The van der Waals surface area contributed by atoms with Gasteiger partial charge in [0.2, 0.25) is 0 Å². The van der Waals surface area contributed by atoms with Gasteiger partial charge in [-0.2, -0.15) is 0 Å². The monoisotopic (exact) mass is 327 g/mol. The summed E-state index contributed by atoms with van der Waals surface area (Å²) in [6, 6.07) is 9.80. The quantitative estimate of drug-likeness (QED) is 0.727. The van der Waals surface area contributed by atoms with Gasteiger partial charge in [0.15, 0.2) is 0 Å². The van der Waals surface area contributed by atoms with E-state index in [1.807, 2.05) is 37.4 Å². The minimum absolute atomic E-state index is 0.543. The van der Waals surface area contributed by atoms with E-state index in [2.05, 4.69) is 25.5 Å². The number of nitrogens with zero attached hydrogens (tertiary/aromatic N) is 3. The minimum atomic E-state index is 0.543. The van der Waals surface area contributed by atoms with Crippen molar-refractivity contribution in [2.45, 2.75) is 19.4 Å². The lowest BCUT2D eigenvalue weighted by molar-refractivity contribution is 0.0972. The molecule has 0 spiro atoms. The molecule has 0 saturated carbocycles. The van der Waals surface area contributed by atoms with E-state index in [-0.39, 0.29) is 0 Å². The molecular weight excluding hydrogens is 302 g/mol. The first kappa shape index (κ1) is 16.7. The second-order valence-corrected chi connectivity index (χ2v) is 5.92. The number of ether oxygens (including phenoxy) is 1. The number of nitrogens with one attached hydrogen (secondary N) is 2. The Labute approximate surface area is 143 Å². The molecule has 1 saturated heterocycles. The zero-order valence-electron chi connectivity index (χ0n) is 14.2. The molecule has 3 rings (SSSR count). The number of rotatable bonds is 8. The maximum atomic E-state index is 5.77. The summed E-state index contributed by atoms with van der Waals surface area (Å²) >= 11 is 0. The van der Waals surface area contributed by atoms with E-state index < -0.39 is 0 Å². The van der Waals surface area contributed by atoms with Gasteiger partial charge in [0.1, 0.15) is 11.6 Å². The molecule has 2 N–H and O–H groups in total. The normalized spacial score (nSPS) is 14.7. The third-order valence-corrected chi connectivity index (χ3v) is 4.10. The van der Waals surface area contributed by atoms with Crippen LogP contribution in [0.2, 0.25) is 0 Å². The van der Waals surface area contributed by atoms with E-state index in [1.165, 1.54) is 25.9 Å². The van der Waals surface area contributed by atoms with Crippen LogP contribution in [0, 0.1) is 0 Å². The highest BCUT2D eigenvalue weighted by atomic mass is 16.5. The minimum Gasteiger partial charge on any atom is -0.374 e. The third-order valence-electron chi connectivity index (χ3n) is 4.10. The molecule has 128 valence electrons. The Hall–Kier alpha value is -2.18. The molecule has 0 radical (unpaired) electrons. The zero-order valence-corrected chi connectivity index (χ0v) is 14.2. The SMILES string of the molecule is CNc1cc(Nc2cccc(COCCN3CCCC3)n2)ccn1.